The van der Waals surface area contributed by atoms with E-state index < -0.39 is 6.09 Å². The van der Waals surface area contributed by atoms with E-state index in [4.69, 9.17) is 16.7 Å². The Hall–Kier alpha value is -1.56. The van der Waals surface area contributed by atoms with Crippen molar-refractivity contribution in [1.82, 2.24) is 14.9 Å². The second kappa shape index (κ2) is 4.75. The van der Waals surface area contributed by atoms with Gasteiger partial charge in [0.05, 0.1) is 0 Å². The summed E-state index contributed by atoms with van der Waals surface area (Å²) in [6.45, 7) is 3.47. The van der Waals surface area contributed by atoms with E-state index in [0.717, 1.165) is 0 Å². The molecule has 0 bridgehead atoms. The van der Waals surface area contributed by atoms with Crippen molar-refractivity contribution in [3.63, 3.8) is 0 Å². The number of hydrogen-bond donors (Lipinski definition) is 1. The van der Waals surface area contributed by atoms with Gasteiger partial charge in [-0.05, 0) is 6.92 Å². The Morgan fingerprint density at radius 1 is 1.47 bits per heavy atom. The van der Waals surface area contributed by atoms with E-state index in [1.165, 1.54) is 11.1 Å². The van der Waals surface area contributed by atoms with Crippen LogP contribution in [0.15, 0.2) is 12.4 Å². The topological polar surface area (TPSA) is 69.6 Å². The van der Waals surface area contributed by atoms with Crippen LogP contribution in [0.25, 0.3) is 0 Å². The van der Waals surface area contributed by atoms with Gasteiger partial charge >= 0.3 is 6.09 Å². The summed E-state index contributed by atoms with van der Waals surface area (Å²) in [5, 5.41) is 9.32. The fraction of sp³-hybridized carbons (Fsp3) is 0.500. The summed E-state index contributed by atoms with van der Waals surface area (Å²) in [5.41, 5.74) is 0. The van der Waals surface area contributed by atoms with Gasteiger partial charge in [-0.15, -0.1) is 0 Å². The maximum absolute atomic E-state index is 10.9. The minimum Gasteiger partial charge on any atom is -0.465 e. The fourth-order valence-corrected chi connectivity index (χ4v) is 2.18. The van der Waals surface area contributed by atoms with Gasteiger partial charge in [0.1, 0.15) is 0 Å². The SMILES string of the molecule is CC1CN(c2nccnc2Cl)CCN1C(=O)O. The van der Waals surface area contributed by atoms with Gasteiger partial charge in [0.2, 0.25) is 0 Å². The first kappa shape index (κ1) is 11.9. The van der Waals surface area contributed by atoms with Crippen molar-refractivity contribution in [2.45, 2.75) is 13.0 Å². The maximum atomic E-state index is 10.9. The Morgan fingerprint density at radius 3 is 2.76 bits per heavy atom. The number of carbonyl (C=O) groups is 1. The fourth-order valence-electron chi connectivity index (χ4n) is 1.96. The Bertz CT molecular complexity index is 429. The Kier molecular flexibility index (Phi) is 3.33. The molecule has 1 unspecified atom stereocenters. The van der Waals surface area contributed by atoms with Crippen LogP contribution in [0.5, 0.6) is 0 Å². The minimum atomic E-state index is -0.887. The normalized spacial score (nSPS) is 20.5. The number of rotatable bonds is 1. The number of hydrogen-bond acceptors (Lipinski definition) is 4. The summed E-state index contributed by atoms with van der Waals surface area (Å²) in [6.07, 6.45) is 2.22. The largest absolute Gasteiger partial charge is 0.465 e. The van der Waals surface area contributed by atoms with Gasteiger partial charge in [-0.3, -0.25) is 0 Å². The molecule has 1 saturated heterocycles. The predicted molar refractivity (Wildman–Crippen MR) is 63.4 cm³/mol. The highest BCUT2D eigenvalue weighted by Crippen LogP contribution is 2.22. The van der Waals surface area contributed by atoms with E-state index in [1.807, 2.05) is 11.8 Å². The zero-order valence-electron chi connectivity index (χ0n) is 9.38. The number of amides is 1. The molecule has 0 aromatic carbocycles. The molecular formula is C10H13ClN4O2. The molecule has 0 saturated carbocycles. The van der Waals surface area contributed by atoms with Crippen LogP contribution in [0.3, 0.4) is 0 Å². The molecular weight excluding hydrogens is 244 g/mol. The lowest BCUT2D eigenvalue weighted by atomic mass is 10.2. The lowest BCUT2D eigenvalue weighted by Gasteiger charge is -2.38. The molecule has 1 atom stereocenters. The number of halogens is 1. The molecule has 0 aliphatic carbocycles. The third-order valence-electron chi connectivity index (χ3n) is 2.81. The van der Waals surface area contributed by atoms with Crippen LogP contribution in [-0.4, -0.2) is 51.7 Å². The smallest absolute Gasteiger partial charge is 0.407 e. The highest BCUT2D eigenvalue weighted by atomic mass is 35.5. The summed E-state index contributed by atoms with van der Waals surface area (Å²) in [7, 11) is 0. The molecule has 1 aromatic rings. The Labute approximate surface area is 104 Å². The van der Waals surface area contributed by atoms with Gasteiger partial charge in [0, 0.05) is 38.1 Å². The zero-order chi connectivity index (χ0) is 12.4. The molecule has 1 aliphatic heterocycles. The lowest BCUT2D eigenvalue weighted by Crippen LogP contribution is -2.54. The van der Waals surface area contributed by atoms with Crippen LogP contribution in [0.1, 0.15) is 6.92 Å². The van der Waals surface area contributed by atoms with Crippen LogP contribution in [-0.2, 0) is 0 Å². The predicted octanol–water partition coefficient (Wildman–Crippen LogP) is 1.32. The van der Waals surface area contributed by atoms with Crippen LogP contribution in [0.4, 0.5) is 10.6 Å². The average Bonchev–Trinajstić information content (AvgIpc) is 2.29. The third kappa shape index (κ3) is 2.41. The molecule has 1 fully saturated rings. The molecule has 6 nitrogen and oxygen atoms in total. The quantitative estimate of drug-likeness (QED) is 0.821. The molecule has 2 heterocycles. The highest BCUT2D eigenvalue weighted by molar-refractivity contribution is 6.31. The standard InChI is InChI=1S/C10H13ClN4O2/c1-7-6-14(4-5-15(7)10(16)17)9-8(11)12-2-3-13-9/h2-3,7H,4-6H2,1H3,(H,16,17). The van der Waals surface area contributed by atoms with Crippen molar-refractivity contribution >= 4 is 23.5 Å². The van der Waals surface area contributed by atoms with Crippen molar-refractivity contribution in [1.29, 1.82) is 0 Å². The molecule has 0 radical (unpaired) electrons. The molecule has 1 aliphatic rings. The zero-order valence-corrected chi connectivity index (χ0v) is 10.1. The van der Waals surface area contributed by atoms with E-state index in [9.17, 15) is 4.79 Å². The Balaban J connectivity index is 2.12. The molecule has 1 N–H and O–H groups in total. The van der Waals surface area contributed by atoms with Crippen molar-refractivity contribution in [3.05, 3.63) is 17.5 Å². The third-order valence-corrected chi connectivity index (χ3v) is 3.08. The molecule has 0 spiro atoms. The van der Waals surface area contributed by atoms with E-state index in [0.29, 0.717) is 30.6 Å². The summed E-state index contributed by atoms with van der Waals surface area (Å²) in [5.74, 6) is 0.617. The molecule has 17 heavy (non-hydrogen) atoms. The number of carboxylic acid groups (broad SMARTS) is 1. The van der Waals surface area contributed by atoms with Crippen molar-refractivity contribution in [3.8, 4) is 0 Å². The second-order valence-electron chi connectivity index (χ2n) is 3.94. The summed E-state index contributed by atoms with van der Waals surface area (Å²) in [6, 6.07) is -0.0840. The summed E-state index contributed by atoms with van der Waals surface area (Å²) in [4.78, 5) is 22.4. The number of piperazine rings is 1. The van der Waals surface area contributed by atoms with Gasteiger partial charge < -0.3 is 14.9 Å². The van der Waals surface area contributed by atoms with Crippen molar-refractivity contribution in [2.75, 3.05) is 24.5 Å². The van der Waals surface area contributed by atoms with Gasteiger partial charge in [-0.2, -0.15) is 0 Å². The molecule has 1 amide bonds. The molecule has 7 heteroatoms. The van der Waals surface area contributed by atoms with E-state index >= 15 is 0 Å². The van der Waals surface area contributed by atoms with Gasteiger partial charge in [-0.1, -0.05) is 11.6 Å². The van der Waals surface area contributed by atoms with Crippen LogP contribution >= 0.6 is 11.6 Å². The van der Waals surface area contributed by atoms with Gasteiger partial charge in [-0.25, -0.2) is 14.8 Å². The van der Waals surface area contributed by atoms with Gasteiger partial charge in [0.25, 0.3) is 0 Å². The number of nitrogens with zero attached hydrogens (tertiary/aromatic N) is 4. The van der Waals surface area contributed by atoms with Crippen LogP contribution < -0.4 is 4.90 Å². The highest BCUT2D eigenvalue weighted by Gasteiger charge is 2.28. The van der Waals surface area contributed by atoms with Crippen molar-refractivity contribution in [2.24, 2.45) is 0 Å². The number of anilines is 1. The van der Waals surface area contributed by atoms with Gasteiger partial charge in [0.15, 0.2) is 11.0 Å². The number of aromatic nitrogens is 2. The maximum Gasteiger partial charge on any atom is 0.407 e. The summed E-state index contributed by atoms with van der Waals surface area (Å²) >= 11 is 5.96. The summed E-state index contributed by atoms with van der Waals surface area (Å²) < 4.78 is 0. The first-order valence-corrected chi connectivity index (χ1v) is 5.68. The molecule has 92 valence electrons. The first-order chi connectivity index (χ1) is 8.09. The van der Waals surface area contributed by atoms with Crippen LogP contribution in [0.2, 0.25) is 5.15 Å². The lowest BCUT2D eigenvalue weighted by molar-refractivity contribution is 0.122. The van der Waals surface area contributed by atoms with Crippen LogP contribution in [0, 0.1) is 0 Å². The molecule has 2 rings (SSSR count). The van der Waals surface area contributed by atoms with Crippen molar-refractivity contribution < 1.29 is 9.90 Å². The second-order valence-corrected chi connectivity index (χ2v) is 4.30. The van der Waals surface area contributed by atoms with E-state index in [2.05, 4.69) is 9.97 Å². The average molecular weight is 257 g/mol. The Morgan fingerprint density at radius 2 is 2.18 bits per heavy atom. The first-order valence-electron chi connectivity index (χ1n) is 5.30. The van der Waals surface area contributed by atoms with E-state index in [-0.39, 0.29) is 6.04 Å². The molecule has 1 aromatic heterocycles. The monoisotopic (exact) mass is 256 g/mol. The minimum absolute atomic E-state index is 0.0840. The van der Waals surface area contributed by atoms with E-state index in [1.54, 1.807) is 6.20 Å².